The standard InChI is InChI=1S/C26H23ClN4O3S/c27-21-8-10-22(11-9-21)30-35(33,34)23-12-13-25(31-14-4-5-15-31)24(17-23)29-26(32)20(18-28)16-19-6-2-1-3-7-19/h1-3,6-13,16-17,30H,4-5,14-15H2,(H,29,32)/b20-16+. The van der Waals surface area contributed by atoms with Crippen LogP contribution >= 0.6 is 11.6 Å². The van der Waals surface area contributed by atoms with Crippen molar-refractivity contribution >= 4 is 50.7 Å². The molecule has 1 aliphatic rings. The maximum Gasteiger partial charge on any atom is 0.266 e. The zero-order chi connectivity index (χ0) is 24.8. The highest BCUT2D eigenvalue weighted by molar-refractivity contribution is 7.92. The second-order valence-electron chi connectivity index (χ2n) is 8.02. The van der Waals surface area contributed by atoms with E-state index in [-0.39, 0.29) is 10.5 Å². The lowest BCUT2D eigenvalue weighted by molar-refractivity contribution is -0.112. The molecule has 9 heteroatoms. The number of nitriles is 1. The van der Waals surface area contributed by atoms with Gasteiger partial charge >= 0.3 is 0 Å². The molecule has 1 heterocycles. The van der Waals surface area contributed by atoms with Gasteiger partial charge in [-0.05, 0) is 66.9 Å². The Morgan fingerprint density at radius 1 is 1.00 bits per heavy atom. The smallest absolute Gasteiger partial charge is 0.266 e. The Hall–Kier alpha value is -3.80. The van der Waals surface area contributed by atoms with Crippen molar-refractivity contribution in [1.82, 2.24) is 0 Å². The average molecular weight is 507 g/mol. The summed E-state index contributed by atoms with van der Waals surface area (Å²) in [5.41, 5.74) is 2.02. The molecule has 3 aromatic rings. The predicted molar refractivity (Wildman–Crippen MR) is 139 cm³/mol. The molecule has 0 bridgehead atoms. The number of carbonyl (C=O) groups is 1. The SMILES string of the molecule is N#C/C(=C\c1ccccc1)C(=O)Nc1cc(S(=O)(=O)Nc2ccc(Cl)cc2)ccc1N1CCCC1. The van der Waals surface area contributed by atoms with Crippen molar-refractivity contribution in [3.05, 3.63) is 89.0 Å². The molecule has 0 atom stereocenters. The maximum atomic E-state index is 13.1. The number of amides is 1. The van der Waals surface area contributed by atoms with E-state index in [1.165, 1.54) is 18.2 Å². The third kappa shape index (κ3) is 6.01. The second kappa shape index (κ2) is 10.6. The van der Waals surface area contributed by atoms with E-state index in [9.17, 15) is 18.5 Å². The number of hydrogen-bond donors (Lipinski definition) is 2. The average Bonchev–Trinajstić information content (AvgIpc) is 3.39. The van der Waals surface area contributed by atoms with Crippen LogP contribution in [0.2, 0.25) is 5.02 Å². The molecule has 0 aromatic heterocycles. The van der Waals surface area contributed by atoms with Crippen molar-refractivity contribution < 1.29 is 13.2 Å². The van der Waals surface area contributed by atoms with Crippen LogP contribution in [-0.4, -0.2) is 27.4 Å². The Balaban J connectivity index is 1.66. The number of anilines is 3. The van der Waals surface area contributed by atoms with E-state index in [0.717, 1.165) is 25.9 Å². The molecule has 4 rings (SSSR count). The first-order chi connectivity index (χ1) is 16.9. The van der Waals surface area contributed by atoms with E-state index in [1.807, 2.05) is 24.3 Å². The van der Waals surface area contributed by atoms with Crippen molar-refractivity contribution in [2.24, 2.45) is 0 Å². The Morgan fingerprint density at radius 3 is 2.34 bits per heavy atom. The van der Waals surface area contributed by atoms with Crippen LogP contribution in [-0.2, 0) is 14.8 Å². The quantitative estimate of drug-likeness (QED) is 0.335. The van der Waals surface area contributed by atoms with Crippen LogP contribution in [0.3, 0.4) is 0 Å². The number of halogens is 1. The van der Waals surface area contributed by atoms with Gasteiger partial charge in [0.25, 0.3) is 15.9 Å². The molecule has 0 unspecified atom stereocenters. The molecule has 1 amide bonds. The summed E-state index contributed by atoms with van der Waals surface area (Å²) >= 11 is 5.89. The van der Waals surface area contributed by atoms with E-state index in [2.05, 4.69) is 14.9 Å². The lowest BCUT2D eigenvalue weighted by atomic mass is 10.1. The van der Waals surface area contributed by atoms with Crippen molar-refractivity contribution in [3.8, 4) is 6.07 Å². The fraction of sp³-hybridized carbons (Fsp3) is 0.154. The largest absolute Gasteiger partial charge is 0.370 e. The van der Waals surface area contributed by atoms with Crippen LogP contribution in [0, 0.1) is 11.3 Å². The van der Waals surface area contributed by atoms with Gasteiger partial charge in [-0.25, -0.2) is 8.42 Å². The molecule has 0 spiro atoms. The third-order valence-corrected chi connectivity index (χ3v) is 7.18. The predicted octanol–water partition coefficient (Wildman–Crippen LogP) is 5.29. The lowest BCUT2D eigenvalue weighted by Crippen LogP contribution is -2.22. The van der Waals surface area contributed by atoms with E-state index in [0.29, 0.717) is 27.6 Å². The summed E-state index contributed by atoms with van der Waals surface area (Å²) in [6.45, 7) is 1.59. The van der Waals surface area contributed by atoms with Crippen molar-refractivity contribution in [2.45, 2.75) is 17.7 Å². The molecule has 1 fully saturated rings. The van der Waals surface area contributed by atoms with E-state index >= 15 is 0 Å². The van der Waals surface area contributed by atoms with Crippen molar-refractivity contribution in [2.75, 3.05) is 28.0 Å². The fourth-order valence-corrected chi connectivity index (χ4v) is 5.01. The van der Waals surface area contributed by atoms with Gasteiger partial charge in [0, 0.05) is 23.8 Å². The van der Waals surface area contributed by atoms with Crippen molar-refractivity contribution in [1.29, 1.82) is 5.26 Å². The molecule has 3 aromatic carbocycles. The van der Waals surface area contributed by atoms with E-state index in [4.69, 9.17) is 11.6 Å². The number of rotatable bonds is 7. The molecule has 1 aliphatic heterocycles. The molecule has 0 aliphatic carbocycles. The summed E-state index contributed by atoms with van der Waals surface area (Å²) < 4.78 is 28.6. The number of carbonyl (C=O) groups excluding carboxylic acids is 1. The minimum Gasteiger partial charge on any atom is -0.370 e. The van der Waals surface area contributed by atoms with Gasteiger partial charge in [0.1, 0.15) is 11.6 Å². The van der Waals surface area contributed by atoms with Crippen LogP contribution in [0.4, 0.5) is 17.1 Å². The molecule has 0 saturated carbocycles. The first kappa shape index (κ1) is 24.3. The van der Waals surface area contributed by atoms with Crippen LogP contribution in [0.25, 0.3) is 6.08 Å². The molecule has 178 valence electrons. The lowest BCUT2D eigenvalue weighted by Gasteiger charge is -2.22. The topological polar surface area (TPSA) is 102 Å². The van der Waals surface area contributed by atoms with Gasteiger partial charge in [-0.1, -0.05) is 41.9 Å². The highest BCUT2D eigenvalue weighted by Gasteiger charge is 2.22. The van der Waals surface area contributed by atoms with Crippen LogP contribution < -0.4 is 14.9 Å². The van der Waals surface area contributed by atoms with Crippen LogP contribution in [0.5, 0.6) is 0 Å². The second-order valence-corrected chi connectivity index (χ2v) is 10.1. The van der Waals surface area contributed by atoms with Gasteiger partial charge < -0.3 is 10.2 Å². The number of sulfonamides is 1. The molecule has 7 nitrogen and oxygen atoms in total. The van der Waals surface area contributed by atoms with Gasteiger partial charge in [-0.3, -0.25) is 9.52 Å². The number of benzene rings is 3. The van der Waals surface area contributed by atoms with E-state index in [1.54, 1.807) is 42.5 Å². The van der Waals surface area contributed by atoms with Gasteiger partial charge in [0.15, 0.2) is 0 Å². The van der Waals surface area contributed by atoms with Gasteiger partial charge in [0.2, 0.25) is 0 Å². The Labute approximate surface area is 209 Å². The normalized spacial score (nSPS) is 13.8. The summed E-state index contributed by atoms with van der Waals surface area (Å²) in [4.78, 5) is 15.1. The molecular formula is C26H23ClN4O3S. The first-order valence-electron chi connectivity index (χ1n) is 11.0. The number of nitrogens with one attached hydrogen (secondary N) is 2. The molecule has 2 N–H and O–H groups in total. The summed E-state index contributed by atoms with van der Waals surface area (Å²) in [6, 6.07) is 21.9. The maximum absolute atomic E-state index is 13.1. The Kier molecular flexibility index (Phi) is 7.39. The summed E-state index contributed by atoms with van der Waals surface area (Å²) in [7, 11) is -3.94. The number of nitrogens with zero attached hydrogens (tertiary/aromatic N) is 2. The zero-order valence-corrected chi connectivity index (χ0v) is 20.3. The van der Waals surface area contributed by atoms with Crippen LogP contribution in [0.1, 0.15) is 18.4 Å². The van der Waals surface area contributed by atoms with Gasteiger partial charge in [-0.2, -0.15) is 5.26 Å². The van der Waals surface area contributed by atoms with Gasteiger partial charge in [-0.15, -0.1) is 0 Å². The van der Waals surface area contributed by atoms with Crippen molar-refractivity contribution in [3.63, 3.8) is 0 Å². The fourth-order valence-electron chi connectivity index (χ4n) is 3.80. The highest BCUT2D eigenvalue weighted by atomic mass is 35.5. The first-order valence-corrected chi connectivity index (χ1v) is 12.9. The molecular weight excluding hydrogens is 484 g/mol. The van der Waals surface area contributed by atoms with Gasteiger partial charge in [0.05, 0.1) is 16.3 Å². The summed E-state index contributed by atoms with van der Waals surface area (Å²) in [6.07, 6.45) is 3.50. The Bertz CT molecular complexity index is 1390. The molecule has 0 radical (unpaired) electrons. The zero-order valence-electron chi connectivity index (χ0n) is 18.7. The summed E-state index contributed by atoms with van der Waals surface area (Å²) in [5.74, 6) is -0.614. The number of hydrogen-bond acceptors (Lipinski definition) is 5. The molecule has 35 heavy (non-hydrogen) atoms. The minimum atomic E-state index is -3.94. The minimum absolute atomic E-state index is 0.0174. The monoisotopic (exact) mass is 506 g/mol. The Morgan fingerprint density at radius 2 is 1.69 bits per heavy atom. The highest BCUT2D eigenvalue weighted by Crippen LogP contribution is 2.32. The van der Waals surface area contributed by atoms with E-state index < -0.39 is 15.9 Å². The summed E-state index contributed by atoms with van der Waals surface area (Å²) in [5, 5.41) is 12.8. The molecule has 1 saturated heterocycles. The van der Waals surface area contributed by atoms with Crippen LogP contribution in [0.15, 0.2) is 83.3 Å². The third-order valence-electron chi connectivity index (χ3n) is 5.55.